The Bertz CT molecular complexity index is 888. The van der Waals surface area contributed by atoms with E-state index in [4.69, 9.17) is 4.74 Å². The summed E-state index contributed by atoms with van der Waals surface area (Å²) >= 11 is 0. The van der Waals surface area contributed by atoms with Gasteiger partial charge in [0.15, 0.2) is 0 Å². The zero-order valence-electron chi connectivity index (χ0n) is 17.0. The van der Waals surface area contributed by atoms with Gasteiger partial charge in [0, 0.05) is 19.0 Å². The van der Waals surface area contributed by atoms with Gasteiger partial charge in [0.05, 0.1) is 5.92 Å². The van der Waals surface area contributed by atoms with E-state index in [1.54, 1.807) is 32.9 Å². The fraction of sp³-hybridized carbons (Fsp3) is 0.391. The van der Waals surface area contributed by atoms with Gasteiger partial charge in [0.1, 0.15) is 11.4 Å². The lowest BCUT2D eigenvalue weighted by Crippen LogP contribution is -2.47. The van der Waals surface area contributed by atoms with Crippen molar-refractivity contribution in [2.45, 2.75) is 38.7 Å². The predicted octanol–water partition coefficient (Wildman–Crippen LogP) is 4.48. The molecule has 154 valence electrons. The molecule has 1 heterocycles. The minimum atomic E-state index is -0.965. The number of likely N-dealkylation sites (tertiary alicyclic amines) is 1. The number of amides is 1. The molecule has 0 saturated carbocycles. The summed E-state index contributed by atoms with van der Waals surface area (Å²) in [7, 11) is 0. The second-order valence-corrected chi connectivity index (χ2v) is 8.45. The van der Waals surface area contributed by atoms with Gasteiger partial charge in [-0.15, -0.1) is 0 Å². The lowest BCUT2D eigenvalue weighted by molar-refractivity contribution is -0.144. The first-order valence-corrected chi connectivity index (χ1v) is 9.74. The predicted molar refractivity (Wildman–Crippen MR) is 110 cm³/mol. The lowest BCUT2D eigenvalue weighted by Gasteiger charge is -2.37. The molecule has 1 saturated heterocycles. The van der Waals surface area contributed by atoms with Crippen LogP contribution in [0.4, 0.5) is 4.79 Å². The number of phenols is 1. The van der Waals surface area contributed by atoms with Gasteiger partial charge in [-0.3, -0.25) is 4.79 Å². The Morgan fingerprint density at radius 1 is 1.07 bits per heavy atom. The number of hydrogen-bond donors (Lipinski definition) is 2. The summed E-state index contributed by atoms with van der Waals surface area (Å²) in [4.78, 5) is 25.8. The minimum Gasteiger partial charge on any atom is -0.508 e. The number of ether oxygens (including phenoxy) is 1. The molecule has 0 radical (unpaired) electrons. The molecule has 1 fully saturated rings. The van der Waals surface area contributed by atoms with Crippen LogP contribution in [-0.4, -0.2) is 45.9 Å². The summed E-state index contributed by atoms with van der Waals surface area (Å²) in [5.41, 5.74) is 1.91. The van der Waals surface area contributed by atoms with E-state index in [-0.39, 0.29) is 18.2 Å². The first kappa shape index (κ1) is 20.7. The van der Waals surface area contributed by atoms with Crippen LogP contribution in [0.1, 0.15) is 38.7 Å². The van der Waals surface area contributed by atoms with Crippen LogP contribution in [0.15, 0.2) is 48.5 Å². The SMILES string of the molecule is CC(C)(C)OC(=O)N1CC[C@H](c2cc(O)cc(-c3ccccc3)c2)[C@@H](C(=O)O)C1. The fourth-order valence-electron chi connectivity index (χ4n) is 3.74. The number of phenolic OH excluding ortho intramolecular Hbond substituents is 1. The molecule has 2 N–H and O–H groups in total. The third-order valence-electron chi connectivity index (χ3n) is 5.06. The molecule has 29 heavy (non-hydrogen) atoms. The van der Waals surface area contributed by atoms with Crippen molar-refractivity contribution in [2.24, 2.45) is 5.92 Å². The Labute approximate surface area is 170 Å². The summed E-state index contributed by atoms with van der Waals surface area (Å²) in [5.74, 6) is -1.95. The molecule has 1 amide bonds. The summed E-state index contributed by atoms with van der Waals surface area (Å²) in [6.45, 7) is 5.82. The van der Waals surface area contributed by atoms with Gasteiger partial charge in [0.25, 0.3) is 0 Å². The van der Waals surface area contributed by atoms with Gasteiger partial charge in [0.2, 0.25) is 0 Å². The zero-order valence-corrected chi connectivity index (χ0v) is 17.0. The molecule has 0 aliphatic carbocycles. The third kappa shape index (κ3) is 5.08. The van der Waals surface area contributed by atoms with E-state index >= 15 is 0 Å². The highest BCUT2D eigenvalue weighted by Gasteiger charge is 2.38. The second-order valence-electron chi connectivity index (χ2n) is 8.45. The molecule has 1 aliphatic heterocycles. The molecule has 2 atom stereocenters. The number of aromatic hydroxyl groups is 1. The first-order chi connectivity index (χ1) is 13.6. The second kappa shape index (κ2) is 8.15. The Morgan fingerprint density at radius 3 is 2.38 bits per heavy atom. The maximum absolute atomic E-state index is 12.4. The van der Waals surface area contributed by atoms with Gasteiger partial charge in [-0.05, 0) is 56.0 Å². The topological polar surface area (TPSA) is 87.1 Å². The summed E-state index contributed by atoms with van der Waals surface area (Å²) in [6.07, 6.45) is -0.0171. The molecule has 2 aromatic rings. The van der Waals surface area contributed by atoms with Crippen molar-refractivity contribution in [3.8, 4) is 16.9 Å². The van der Waals surface area contributed by atoms with Gasteiger partial charge in [-0.25, -0.2) is 4.79 Å². The van der Waals surface area contributed by atoms with E-state index in [0.717, 1.165) is 16.7 Å². The Kier molecular flexibility index (Phi) is 5.82. The smallest absolute Gasteiger partial charge is 0.410 e. The number of piperidine rings is 1. The first-order valence-electron chi connectivity index (χ1n) is 9.74. The monoisotopic (exact) mass is 397 g/mol. The van der Waals surface area contributed by atoms with Crippen molar-refractivity contribution in [1.29, 1.82) is 0 Å². The van der Waals surface area contributed by atoms with Crippen molar-refractivity contribution in [2.75, 3.05) is 13.1 Å². The molecule has 0 bridgehead atoms. The maximum Gasteiger partial charge on any atom is 0.410 e. The fourth-order valence-corrected chi connectivity index (χ4v) is 3.74. The van der Waals surface area contributed by atoms with Crippen molar-refractivity contribution in [1.82, 2.24) is 4.90 Å². The number of rotatable bonds is 3. The zero-order chi connectivity index (χ0) is 21.2. The van der Waals surface area contributed by atoms with E-state index in [2.05, 4.69) is 0 Å². The van der Waals surface area contributed by atoms with Crippen molar-refractivity contribution in [3.05, 3.63) is 54.1 Å². The average molecular weight is 397 g/mol. The summed E-state index contributed by atoms with van der Waals surface area (Å²) in [5, 5.41) is 20.1. The van der Waals surface area contributed by atoms with Gasteiger partial charge in [-0.1, -0.05) is 36.4 Å². The van der Waals surface area contributed by atoms with Gasteiger partial charge < -0.3 is 19.8 Å². The van der Waals surface area contributed by atoms with E-state index in [9.17, 15) is 19.8 Å². The highest BCUT2D eigenvalue weighted by atomic mass is 16.6. The van der Waals surface area contributed by atoms with E-state index in [1.807, 2.05) is 36.4 Å². The third-order valence-corrected chi connectivity index (χ3v) is 5.06. The van der Waals surface area contributed by atoms with Gasteiger partial charge >= 0.3 is 12.1 Å². The molecular formula is C23H27NO5. The van der Waals surface area contributed by atoms with Crippen LogP contribution < -0.4 is 0 Å². The van der Waals surface area contributed by atoms with Crippen LogP contribution in [0.5, 0.6) is 5.75 Å². The molecule has 1 aliphatic rings. The molecule has 0 aromatic heterocycles. The van der Waals surface area contributed by atoms with Crippen LogP contribution in [0.25, 0.3) is 11.1 Å². The number of aliphatic carboxylic acids is 1. The summed E-state index contributed by atoms with van der Waals surface area (Å²) in [6, 6.07) is 14.9. The van der Waals surface area contributed by atoms with Crippen molar-refractivity contribution >= 4 is 12.1 Å². The average Bonchev–Trinajstić information content (AvgIpc) is 2.66. The summed E-state index contributed by atoms with van der Waals surface area (Å²) < 4.78 is 5.40. The van der Waals surface area contributed by atoms with Crippen molar-refractivity contribution < 1.29 is 24.5 Å². The number of carboxylic acid groups (broad SMARTS) is 1. The minimum absolute atomic E-state index is 0.0746. The largest absolute Gasteiger partial charge is 0.508 e. The van der Waals surface area contributed by atoms with Crippen molar-refractivity contribution in [3.63, 3.8) is 0 Å². The molecular weight excluding hydrogens is 370 g/mol. The number of carbonyl (C=O) groups excluding carboxylic acids is 1. The van der Waals surface area contributed by atoms with Crippen LogP contribution in [0.2, 0.25) is 0 Å². The van der Waals surface area contributed by atoms with E-state index in [0.29, 0.717) is 13.0 Å². The standard InChI is InChI=1S/C23H27NO5/c1-23(2,3)29-22(28)24-10-9-19(20(14-24)21(26)27)17-11-16(12-18(25)13-17)15-7-5-4-6-8-15/h4-8,11-13,19-20,25H,9-10,14H2,1-3H3,(H,26,27)/t19-,20+/m1/s1. The van der Waals surface area contributed by atoms with Crippen LogP contribution in [0.3, 0.4) is 0 Å². The normalized spacial score (nSPS) is 19.6. The quantitative estimate of drug-likeness (QED) is 0.797. The van der Waals surface area contributed by atoms with Gasteiger partial charge in [-0.2, -0.15) is 0 Å². The van der Waals surface area contributed by atoms with E-state index in [1.165, 1.54) is 4.90 Å². The molecule has 0 spiro atoms. The van der Waals surface area contributed by atoms with Crippen LogP contribution >= 0.6 is 0 Å². The van der Waals surface area contributed by atoms with Crippen LogP contribution in [-0.2, 0) is 9.53 Å². The lowest BCUT2D eigenvalue weighted by atomic mass is 9.79. The molecule has 3 rings (SSSR count). The molecule has 0 unspecified atom stereocenters. The Hall–Kier alpha value is -3.02. The van der Waals surface area contributed by atoms with Crippen LogP contribution in [0, 0.1) is 5.92 Å². The highest BCUT2D eigenvalue weighted by molar-refractivity contribution is 5.75. The number of benzene rings is 2. The number of hydrogen-bond acceptors (Lipinski definition) is 4. The number of carbonyl (C=O) groups is 2. The highest BCUT2D eigenvalue weighted by Crippen LogP contribution is 2.37. The Balaban J connectivity index is 1.86. The number of carboxylic acids is 1. The molecule has 6 nitrogen and oxygen atoms in total. The van der Waals surface area contributed by atoms with E-state index < -0.39 is 23.6 Å². The number of nitrogens with zero attached hydrogens (tertiary/aromatic N) is 1. The molecule has 2 aromatic carbocycles. The Morgan fingerprint density at radius 2 is 1.76 bits per heavy atom. The molecule has 6 heteroatoms. The maximum atomic E-state index is 12.4.